The van der Waals surface area contributed by atoms with Gasteiger partial charge in [0, 0.05) is 0 Å². The van der Waals surface area contributed by atoms with E-state index in [4.69, 9.17) is 4.74 Å². The Morgan fingerprint density at radius 3 is 2.33 bits per heavy atom. The molecule has 0 saturated heterocycles. The molecule has 0 spiro atoms. The molecule has 2 rings (SSSR count). The highest BCUT2D eigenvalue weighted by molar-refractivity contribution is 5.45. The number of benzene rings is 1. The second-order valence-corrected chi connectivity index (χ2v) is 5.41. The molecule has 0 amide bonds. The van der Waals surface area contributed by atoms with Gasteiger partial charge in [-0.05, 0) is 48.7 Å². The molecule has 2 atom stereocenters. The highest BCUT2D eigenvalue weighted by Gasteiger charge is 2.42. The minimum absolute atomic E-state index is 0.0427. The molecule has 1 aromatic carbocycles. The van der Waals surface area contributed by atoms with E-state index in [9.17, 15) is 5.11 Å². The molecule has 0 aliphatic heterocycles. The Morgan fingerprint density at radius 2 is 1.83 bits per heavy atom. The molecule has 3 nitrogen and oxygen atoms in total. The minimum Gasteiger partial charge on any atom is -0.497 e. The lowest BCUT2D eigenvalue weighted by atomic mass is 9.79. The standard InChI is InChI=1S/C13H18O2.C2H7N/c1-8-12(14)10-7-9(15-4)5-6-11(10)13(8,2)3;1-3-2/h5-8,12,14H,1-4H3;3H,1-2H3. The zero-order valence-corrected chi connectivity index (χ0v) is 12.2. The lowest BCUT2D eigenvalue weighted by Crippen LogP contribution is -2.23. The summed E-state index contributed by atoms with van der Waals surface area (Å²) in [4.78, 5) is 0. The van der Waals surface area contributed by atoms with Gasteiger partial charge in [-0.15, -0.1) is 0 Å². The first-order valence-electron chi connectivity index (χ1n) is 6.35. The number of hydrogen-bond donors (Lipinski definition) is 2. The average Bonchev–Trinajstić information content (AvgIpc) is 2.52. The van der Waals surface area contributed by atoms with Gasteiger partial charge in [-0.2, -0.15) is 0 Å². The molecule has 0 aromatic heterocycles. The first-order chi connectivity index (χ1) is 8.39. The van der Waals surface area contributed by atoms with Crippen molar-refractivity contribution in [3.8, 4) is 5.75 Å². The SMILES string of the molecule is CNC.COc1ccc2c(c1)C(O)C(C)C2(C)C. The number of rotatable bonds is 1. The van der Waals surface area contributed by atoms with Crippen LogP contribution in [0.4, 0.5) is 0 Å². The Bertz CT molecular complexity index is 401. The van der Waals surface area contributed by atoms with Crippen LogP contribution in [0.2, 0.25) is 0 Å². The van der Waals surface area contributed by atoms with Crippen molar-refractivity contribution < 1.29 is 9.84 Å². The van der Waals surface area contributed by atoms with Crippen molar-refractivity contribution in [2.75, 3.05) is 21.2 Å². The maximum absolute atomic E-state index is 10.1. The van der Waals surface area contributed by atoms with Crippen LogP contribution >= 0.6 is 0 Å². The van der Waals surface area contributed by atoms with E-state index < -0.39 is 0 Å². The van der Waals surface area contributed by atoms with Crippen LogP contribution in [0.1, 0.15) is 38.0 Å². The molecule has 2 unspecified atom stereocenters. The van der Waals surface area contributed by atoms with Crippen LogP contribution in [0.25, 0.3) is 0 Å². The highest BCUT2D eigenvalue weighted by Crippen LogP contribution is 2.49. The maximum Gasteiger partial charge on any atom is 0.119 e. The molecular weight excluding hydrogens is 226 g/mol. The van der Waals surface area contributed by atoms with E-state index in [1.165, 1.54) is 5.56 Å². The van der Waals surface area contributed by atoms with Gasteiger partial charge in [0.25, 0.3) is 0 Å². The number of ether oxygens (including phenoxy) is 1. The summed E-state index contributed by atoms with van der Waals surface area (Å²) in [5, 5.41) is 12.9. The predicted molar refractivity (Wildman–Crippen MR) is 75.1 cm³/mol. The number of nitrogens with one attached hydrogen (secondary N) is 1. The fourth-order valence-electron chi connectivity index (χ4n) is 2.41. The lowest BCUT2D eigenvalue weighted by molar-refractivity contribution is 0.101. The third-order valence-electron chi connectivity index (χ3n) is 3.88. The summed E-state index contributed by atoms with van der Waals surface area (Å²) < 4.78 is 5.18. The Labute approximate surface area is 110 Å². The van der Waals surface area contributed by atoms with E-state index in [1.807, 2.05) is 26.2 Å². The molecule has 2 N–H and O–H groups in total. The van der Waals surface area contributed by atoms with Crippen LogP contribution in [-0.2, 0) is 5.41 Å². The molecule has 3 heteroatoms. The predicted octanol–water partition coefficient (Wildman–Crippen LogP) is 2.49. The average molecular weight is 251 g/mol. The van der Waals surface area contributed by atoms with Crippen molar-refractivity contribution >= 4 is 0 Å². The smallest absolute Gasteiger partial charge is 0.119 e. The first-order valence-corrected chi connectivity index (χ1v) is 6.35. The van der Waals surface area contributed by atoms with Gasteiger partial charge >= 0.3 is 0 Å². The van der Waals surface area contributed by atoms with Gasteiger partial charge in [0.15, 0.2) is 0 Å². The Morgan fingerprint density at radius 1 is 1.28 bits per heavy atom. The summed E-state index contributed by atoms with van der Waals surface area (Å²) in [6.45, 7) is 6.45. The van der Waals surface area contributed by atoms with E-state index in [0.29, 0.717) is 0 Å². The summed E-state index contributed by atoms with van der Waals surface area (Å²) >= 11 is 0. The molecule has 1 aliphatic carbocycles. The Balaban J connectivity index is 0.000000492. The number of methoxy groups -OCH3 is 1. The van der Waals surface area contributed by atoms with Gasteiger partial charge in [0.05, 0.1) is 13.2 Å². The van der Waals surface area contributed by atoms with Gasteiger partial charge in [-0.25, -0.2) is 0 Å². The second kappa shape index (κ2) is 5.72. The topological polar surface area (TPSA) is 41.5 Å². The quantitative estimate of drug-likeness (QED) is 0.806. The lowest BCUT2D eigenvalue weighted by Gasteiger charge is -2.26. The van der Waals surface area contributed by atoms with Gasteiger partial charge in [-0.1, -0.05) is 26.8 Å². The normalized spacial score (nSPS) is 23.9. The number of aliphatic hydroxyl groups excluding tert-OH is 1. The fourth-order valence-corrected chi connectivity index (χ4v) is 2.41. The fraction of sp³-hybridized carbons (Fsp3) is 0.600. The van der Waals surface area contributed by atoms with Gasteiger partial charge in [-0.3, -0.25) is 0 Å². The largest absolute Gasteiger partial charge is 0.497 e. The van der Waals surface area contributed by atoms with Gasteiger partial charge < -0.3 is 15.2 Å². The summed E-state index contributed by atoms with van der Waals surface area (Å²) in [5.74, 6) is 1.07. The molecule has 0 fully saturated rings. The molecule has 1 aromatic rings. The number of hydrogen-bond acceptors (Lipinski definition) is 3. The summed E-state index contributed by atoms with van der Waals surface area (Å²) in [6.07, 6.45) is -0.370. The van der Waals surface area contributed by atoms with Crippen LogP contribution in [-0.4, -0.2) is 26.3 Å². The summed E-state index contributed by atoms with van der Waals surface area (Å²) in [7, 11) is 5.40. The third kappa shape index (κ3) is 2.52. The molecule has 0 bridgehead atoms. The van der Waals surface area contributed by atoms with Crippen molar-refractivity contribution in [3.63, 3.8) is 0 Å². The monoisotopic (exact) mass is 251 g/mol. The Hall–Kier alpha value is -1.06. The van der Waals surface area contributed by atoms with Crippen LogP contribution in [0, 0.1) is 5.92 Å². The minimum atomic E-state index is -0.370. The summed E-state index contributed by atoms with van der Waals surface area (Å²) in [5.41, 5.74) is 2.30. The van der Waals surface area contributed by atoms with E-state index in [0.717, 1.165) is 11.3 Å². The highest BCUT2D eigenvalue weighted by atomic mass is 16.5. The molecule has 0 radical (unpaired) electrons. The molecule has 0 heterocycles. The van der Waals surface area contributed by atoms with E-state index >= 15 is 0 Å². The Kier molecular flexibility index (Phi) is 4.77. The molecule has 1 aliphatic rings. The first kappa shape index (κ1) is 15.0. The number of aliphatic hydroxyl groups is 1. The zero-order chi connectivity index (χ0) is 13.9. The van der Waals surface area contributed by atoms with Crippen LogP contribution in [0.15, 0.2) is 18.2 Å². The van der Waals surface area contributed by atoms with Gasteiger partial charge in [0.1, 0.15) is 5.75 Å². The zero-order valence-electron chi connectivity index (χ0n) is 12.2. The van der Waals surface area contributed by atoms with E-state index in [-0.39, 0.29) is 17.4 Å². The molecular formula is C15H25NO2. The molecule has 102 valence electrons. The molecule has 18 heavy (non-hydrogen) atoms. The van der Waals surface area contributed by atoms with Crippen molar-refractivity contribution in [2.45, 2.75) is 32.3 Å². The van der Waals surface area contributed by atoms with Crippen LogP contribution < -0.4 is 10.1 Å². The van der Waals surface area contributed by atoms with E-state index in [1.54, 1.807) is 7.11 Å². The van der Waals surface area contributed by atoms with Crippen LogP contribution in [0.3, 0.4) is 0 Å². The van der Waals surface area contributed by atoms with Crippen molar-refractivity contribution in [1.82, 2.24) is 5.32 Å². The maximum atomic E-state index is 10.1. The third-order valence-corrected chi connectivity index (χ3v) is 3.88. The van der Waals surface area contributed by atoms with Crippen molar-refractivity contribution in [2.24, 2.45) is 5.92 Å². The van der Waals surface area contributed by atoms with E-state index in [2.05, 4.69) is 32.2 Å². The molecule has 0 saturated carbocycles. The van der Waals surface area contributed by atoms with Crippen molar-refractivity contribution in [1.29, 1.82) is 0 Å². The van der Waals surface area contributed by atoms with Crippen molar-refractivity contribution in [3.05, 3.63) is 29.3 Å². The summed E-state index contributed by atoms with van der Waals surface area (Å²) in [6, 6.07) is 5.98. The van der Waals surface area contributed by atoms with Gasteiger partial charge in [0.2, 0.25) is 0 Å². The second-order valence-electron chi connectivity index (χ2n) is 5.41. The number of fused-ring (bicyclic) bond motifs is 1. The van der Waals surface area contributed by atoms with Crippen LogP contribution in [0.5, 0.6) is 5.75 Å².